The van der Waals surface area contributed by atoms with Crippen LogP contribution in [0.2, 0.25) is 0 Å². The first-order valence-electron chi connectivity index (χ1n) is 6.32. The minimum Gasteiger partial charge on any atom is -0.399 e. The van der Waals surface area contributed by atoms with Crippen LogP contribution in [0, 0.1) is 11.8 Å². The van der Waals surface area contributed by atoms with Crippen LogP contribution in [-0.2, 0) is 10.0 Å². The first-order valence-corrected chi connectivity index (χ1v) is 7.81. The van der Waals surface area contributed by atoms with Gasteiger partial charge < -0.3 is 5.73 Å². The van der Waals surface area contributed by atoms with Crippen LogP contribution in [0.15, 0.2) is 29.2 Å². The van der Waals surface area contributed by atoms with Crippen LogP contribution in [0.4, 0.5) is 5.69 Å². The Hall–Kier alpha value is -1.07. The lowest BCUT2D eigenvalue weighted by Gasteiger charge is -2.11. The summed E-state index contributed by atoms with van der Waals surface area (Å²) < 4.78 is 26.7. The van der Waals surface area contributed by atoms with Crippen molar-refractivity contribution in [1.82, 2.24) is 4.72 Å². The van der Waals surface area contributed by atoms with Gasteiger partial charge in [-0.2, -0.15) is 0 Å². The smallest absolute Gasteiger partial charge is 0.240 e. The number of nitrogen functional groups attached to an aromatic ring is 1. The maximum atomic E-state index is 12.0. The number of hydrogen-bond donors (Lipinski definition) is 2. The summed E-state index contributed by atoms with van der Waals surface area (Å²) in [5.41, 5.74) is 6.11. The molecule has 100 valence electrons. The SMILES string of the molecule is CC1CCC(CNS(=O)(=O)c2ccc(N)cc2)C1. The van der Waals surface area contributed by atoms with Crippen LogP contribution in [-0.4, -0.2) is 15.0 Å². The van der Waals surface area contributed by atoms with E-state index in [1.807, 2.05) is 0 Å². The third-order valence-electron chi connectivity index (χ3n) is 3.56. The van der Waals surface area contributed by atoms with E-state index in [0.29, 0.717) is 18.2 Å². The molecule has 5 heteroatoms. The van der Waals surface area contributed by atoms with Gasteiger partial charge in [-0.1, -0.05) is 13.3 Å². The first kappa shape index (κ1) is 13.4. The Morgan fingerprint density at radius 1 is 1.28 bits per heavy atom. The molecule has 2 atom stereocenters. The molecule has 1 aliphatic rings. The van der Waals surface area contributed by atoms with Crippen molar-refractivity contribution in [2.75, 3.05) is 12.3 Å². The summed E-state index contributed by atoms with van der Waals surface area (Å²) in [5, 5.41) is 0. The number of benzene rings is 1. The van der Waals surface area contributed by atoms with Gasteiger partial charge in [0.1, 0.15) is 0 Å². The van der Waals surface area contributed by atoms with Crippen molar-refractivity contribution in [1.29, 1.82) is 0 Å². The van der Waals surface area contributed by atoms with Crippen LogP contribution >= 0.6 is 0 Å². The van der Waals surface area contributed by atoms with E-state index >= 15 is 0 Å². The third kappa shape index (κ3) is 3.23. The lowest BCUT2D eigenvalue weighted by atomic mass is 10.1. The summed E-state index contributed by atoms with van der Waals surface area (Å²) in [6.07, 6.45) is 3.43. The van der Waals surface area contributed by atoms with E-state index < -0.39 is 10.0 Å². The van der Waals surface area contributed by atoms with E-state index in [1.165, 1.54) is 18.6 Å². The van der Waals surface area contributed by atoms with Gasteiger partial charge in [0.15, 0.2) is 0 Å². The fourth-order valence-corrected chi connectivity index (χ4v) is 3.58. The highest BCUT2D eigenvalue weighted by Crippen LogP contribution is 2.29. The molecule has 0 heterocycles. The van der Waals surface area contributed by atoms with Crippen molar-refractivity contribution >= 4 is 15.7 Å². The molecule has 2 unspecified atom stereocenters. The van der Waals surface area contributed by atoms with Crippen LogP contribution in [0.1, 0.15) is 26.2 Å². The molecule has 3 N–H and O–H groups in total. The maximum Gasteiger partial charge on any atom is 0.240 e. The fraction of sp³-hybridized carbons (Fsp3) is 0.538. The van der Waals surface area contributed by atoms with E-state index in [-0.39, 0.29) is 4.90 Å². The second kappa shape index (κ2) is 5.28. The molecule has 1 aliphatic carbocycles. The van der Waals surface area contributed by atoms with E-state index in [2.05, 4.69) is 11.6 Å². The Morgan fingerprint density at radius 3 is 2.50 bits per heavy atom. The number of nitrogens with one attached hydrogen (secondary N) is 1. The van der Waals surface area contributed by atoms with Crippen LogP contribution in [0.25, 0.3) is 0 Å². The Bertz CT molecular complexity index is 496. The molecule has 0 spiro atoms. The minimum atomic E-state index is -3.39. The number of nitrogens with two attached hydrogens (primary N) is 1. The number of rotatable bonds is 4. The average Bonchev–Trinajstić information content (AvgIpc) is 2.73. The van der Waals surface area contributed by atoms with Crippen molar-refractivity contribution in [3.05, 3.63) is 24.3 Å². The molecule has 2 rings (SSSR count). The summed E-state index contributed by atoms with van der Waals surface area (Å²) in [5.74, 6) is 1.19. The summed E-state index contributed by atoms with van der Waals surface area (Å²) in [6, 6.07) is 6.28. The van der Waals surface area contributed by atoms with Crippen molar-refractivity contribution in [3.8, 4) is 0 Å². The molecule has 1 aromatic rings. The molecule has 1 saturated carbocycles. The zero-order valence-electron chi connectivity index (χ0n) is 10.6. The largest absolute Gasteiger partial charge is 0.399 e. The van der Waals surface area contributed by atoms with Gasteiger partial charge in [-0.3, -0.25) is 0 Å². The molecule has 0 bridgehead atoms. The third-order valence-corrected chi connectivity index (χ3v) is 5.00. The zero-order chi connectivity index (χ0) is 13.2. The van der Waals surface area contributed by atoms with Crippen molar-refractivity contribution in [2.24, 2.45) is 11.8 Å². The monoisotopic (exact) mass is 268 g/mol. The number of hydrogen-bond acceptors (Lipinski definition) is 3. The van der Waals surface area contributed by atoms with E-state index in [4.69, 9.17) is 5.73 Å². The quantitative estimate of drug-likeness (QED) is 0.820. The zero-order valence-corrected chi connectivity index (χ0v) is 11.4. The second-order valence-electron chi connectivity index (χ2n) is 5.21. The Morgan fingerprint density at radius 2 is 1.94 bits per heavy atom. The molecule has 0 radical (unpaired) electrons. The predicted octanol–water partition coefficient (Wildman–Crippen LogP) is 1.98. The van der Waals surface area contributed by atoms with Gasteiger partial charge in [0, 0.05) is 12.2 Å². The highest BCUT2D eigenvalue weighted by Gasteiger charge is 2.23. The highest BCUT2D eigenvalue weighted by molar-refractivity contribution is 7.89. The van der Waals surface area contributed by atoms with Crippen molar-refractivity contribution in [2.45, 2.75) is 31.1 Å². The molecule has 0 saturated heterocycles. The highest BCUT2D eigenvalue weighted by atomic mass is 32.2. The average molecular weight is 268 g/mol. The number of sulfonamides is 1. The summed E-state index contributed by atoms with van der Waals surface area (Å²) >= 11 is 0. The summed E-state index contributed by atoms with van der Waals surface area (Å²) in [7, 11) is -3.39. The van der Waals surface area contributed by atoms with Gasteiger partial charge in [0.25, 0.3) is 0 Å². The standard InChI is InChI=1S/C13H20N2O2S/c1-10-2-3-11(8-10)9-15-18(16,17)13-6-4-12(14)5-7-13/h4-7,10-11,15H,2-3,8-9,14H2,1H3. The Kier molecular flexibility index (Phi) is 3.92. The normalized spacial score (nSPS) is 24.3. The van der Waals surface area contributed by atoms with Gasteiger partial charge in [0.05, 0.1) is 4.90 Å². The van der Waals surface area contributed by atoms with Crippen molar-refractivity contribution < 1.29 is 8.42 Å². The minimum absolute atomic E-state index is 0.280. The summed E-state index contributed by atoms with van der Waals surface area (Å²) in [6.45, 7) is 2.76. The fourth-order valence-electron chi connectivity index (χ4n) is 2.47. The maximum absolute atomic E-state index is 12.0. The molecule has 0 amide bonds. The van der Waals surface area contributed by atoms with Crippen LogP contribution in [0.3, 0.4) is 0 Å². The number of anilines is 1. The molecule has 1 aromatic carbocycles. The molecular weight excluding hydrogens is 248 g/mol. The summed E-state index contributed by atoms with van der Waals surface area (Å²) in [4.78, 5) is 0.280. The van der Waals surface area contributed by atoms with Gasteiger partial charge in [-0.25, -0.2) is 13.1 Å². The van der Waals surface area contributed by atoms with Crippen LogP contribution in [0.5, 0.6) is 0 Å². The lowest BCUT2D eigenvalue weighted by Crippen LogP contribution is -2.28. The van der Waals surface area contributed by atoms with E-state index in [1.54, 1.807) is 12.1 Å². The predicted molar refractivity (Wildman–Crippen MR) is 72.5 cm³/mol. The molecule has 1 fully saturated rings. The topological polar surface area (TPSA) is 72.2 Å². The Labute approximate surface area is 109 Å². The van der Waals surface area contributed by atoms with Gasteiger partial charge in [0.2, 0.25) is 10.0 Å². The molecule has 0 aliphatic heterocycles. The lowest BCUT2D eigenvalue weighted by molar-refractivity contribution is 0.498. The molecule has 18 heavy (non-hydrogen) atoms. The van der Waals surface area contributed by atoms with E-state index in [0.717, 1.165) is 18.8 Å². The Balaban J connectivity index is 1.97. The molecule has 4 nitrogen and oxygen atoms in total. The van der Waals surface area contributed by atoms with Crippen molar-refractivity contribution in [3.63, 3.8) is 0 Å². The first-order chi connectivity index (χ1) is 8.47. The van der Waals surface area contributed by atoms with Gasteiger partial charge >= 0.3 is 0 Å². The van der Waals surface area contributed by atoms with Gasteiger partial charge in [-0.15, -0.1) is 0 Å². The van der Waals surface area contributed by atoms with E-state index in [9.17, 15) is 8.42 Å². The molecular formula is C13H20N2O2S. The van der Waals surface area contributed by atoms with Crippen LogP contribution < -0.4 is 10.5 Å². The second-order valence-corrected chi connectivity index (χ2v) is 6.97. The van der Waals surface area contributed by atoms with Gasteiger partial charge in [-0.05, 0) is 48.9 Å². The molecule has 0 aromatic heterocycles.